The third-order valence-electron chi connectivity index (χ3n) is 3.99. The van der Waals surface area contributed by atoms with Crippen LogP contribution in [0.4, 0.5) is 0 Å². The first-order valence-corrected chi connectivity index (χ1v) is 7.71. The van der Waals surface area contributed by atoms with Gasteiger partial charge in [-0.2, -0.15) is 0 Å². The van der Waals surface area contributed by atoms with Gasteiger partial charge in [-0.15, -0.1) is 0 Å². The molecule has 1 rings (SSSR count). The van der Waals surface area contributed by atoms with E-state index in [1.807, 2.05) is 0 Å². The fraction of sp³-hybridized carbons (Fsp3) is 1.00. The summed E-state index contributed by atoms with van der Waals surface area (Å²) < 4.78 is 11.7. The third-order valence-corrected chi connectivity index (χ3v) is 3.99. The second-order valence-corrected chi connectivity index (χ2v) is 7.36. The predicted octanol–water partition coefficient (Wildman–Crippen LogP) is 3.23. The first-order valence-electron chi connectivity index (χ1n) is 7.71. The third kappa shape index (κ3) is 5.80. The summed E-state index contributed by atoms with van der Waals surface area (Å²) in [6.07, 6.45) is 2.55. The van der Waals surface area contributed by atoms with Crippen molar-refractivity contribution >= 4 is 0 Å². The van der Waals surface area contributed by atoms with Crippen LogP contribution in [0.3, 0.4) is 0 Å². The van der Waals surface area contributed by atoms with Gasteiger partial charge in [-0.05, 0) is 53.0 Å². The van der Waals surface area contributed by atoms with Crippen LogP contribution in [0.25, 0.3) is 0 Å². The Bertz CT molecular complexity index is 260. The van der Waals surface area contributed by atoms with Gasteiger partial charge in [0.25, 0.3) is 0 Å². The number of hydrogen-bond donors (Lipinski definition) is 1. The minimum absolute atomic E-state index is 0.0464. The van der Waals surface area contributed by atoms with Crippen LogP contribution in [0, 0.1) is 11.3 Å². The lowest BCUT2D eigenvalue weighted by molar-refractivity contribution is -0.0297. The van der Waals surface area contributed by atoms with E-state index in [1.165, 1.54) is 0 Å². The molecule has 2 atom stereocenters. The van der Waals surface area contributed by atoms with Gasteiger partial charge in [0.05, 0.1) is 11.7 Å². The molecule has 0 spiro atoms. The molecule has 0 amide bonds. The van der Waals surface area contributed by atoms with Gasteiger partial charge in [0, 0.05) is 25.2 Å². The van der Waals surface area contributed by atoms with Crippen LogP contribution in [-0.2, 0) is 9.47 Å². The summed E-state index contributed by atoms with van der Waals surface area (Å²) in [5.74, 6) is 0.695. The Hall–Kier alpha value is -0.120. The van der Waals surface area contributed by atoms with Gasteiger partial charge in [-0.3, -0.25) is 0 Å². The van der Waals surface area contributed by atoms with Crippen molar-refractivity contribution in [2.24, 2.45) is 11.3 Å². The molecule has 1 aliphatic rings. The van der Waals surface area contributed by atoms with E-state index >= 15 is 0 Å². The van der Waals surface area contributed by atoms with E-state index in [9.17, 15) is 0 Å². The minimum atomic E-state index is -0.0464. The van der Waals surface area contributed by atoms with Gasteiger partial charge in [-0.1, -0.05) is 13.8 Å². The zero-order valence-electron chi connectivity index (χ0n) is 13.7. The molecule has 1 N–H and O–H groups in total. The van der Waals surface area contributed by atoms with E-state index in [0.29, 0.717) is 12.0 Å². The molecular formula is C16H33NO2. The molecule has 1 saturated heterocycles. The van der Waals surface area contributed by atoms with Crippen LogP contribution in [-0.4, -0.2) is 38.0 Å². The maximum absolute atomic E-state index is 5.91. The molecule has 1 fully saturated rings. The normalized spacial score (nSPS) is 28.3. The van der Waals surface area contributed by atoms with Crippen LogP contribution >= 0.6 is 0 Å². The summed E-state index contributed by atoms with van der Waals surface area (Å²) in [5, 5.41) is 3.61. The Kier molecular flexibility index (Phi) is 6.28. The highest BCUT2D eigenvalue weighted by atomic mass is 16.5. The van der Waals surface area contributed by atoms with Gasteiger partial charge in [0.1, 0.15) is 0 Å². The summed E-state index contributed by atoms with van der Waals surface area (Å²) in [5.41, 5.74) is 0.204. The van der Waals surface area contributed by atoms with Crippen LogP contribution in [0.1, 0.15) is 54.4 Å². The molecule has 0 bridgehead atoms. The molecule has 0 aromatic heterocycles. The molecule has 114 valence electrons. The molecule has 2 unspecified atom stereocenters. The first-order chi connectivity index (χ1) is 8.75. The van der Waals surface area contributed by atoms with Crippen molar-refractivity contribution < 1.29 is 9.47 Å². The number of rotatable bonds is 7. The maximum Gasteiger partial charge on any atom is 0.0617 e. The highest BCUT2D eigenvalue weighted by Gasteiger charge is 2.41. The SMILES string of the molecule is CC(C)CNCC1(CCOC(C)(C)C)CCOC1C. The van der Waals surface area contributed by atoms with Crippen molar-refractivity contribution in [3.63, 3.8) is 0 Å². The summed E-state index contributed by atoms with van der Waals surface area (Å²) in [7, 11) is 0. The molecule has 0 saturated carbocycles. The van der Waals surface area contributed by atoms with Crippen molar-refractivity contribution in [3.8, 4) is 0 Å². The fourth-order valence-corrected chi connectivity index (χ4v) is 2.64. The quantitative estimate of drug-likeness (QED) is 0.771. The first kappa shape index (κ1) is 16.9. The van der Waals surface area contributed by atoms with Gasteiger partial charge < -0.3 is 14.8 Å². The molecule has 3 heteroatoms. The van der Waals surface area contributed by atoms with E-state index < -0.39 is 0 Å². The van der Waals surface area contributed by atoms with Crippen LogP contribution < -0.4 is 5.32 Å². The zero-order valence-corrected chi connectivity index (χ0v) is 13.7. The molecule has 0 aromatic carbocycles. The molecule has 19 heavy (non-hydrogen) atoms. The lowest BCUT2D eigenvalue weighted by atomic mass is 9.78. The van der Waals surface area contributed by atoms with Crippen LogP contribution in [0.15, 0.2) is 0 Å². The van der Waals surface area contributed by atoms with Crippen molar-refractivity contribution in [1.29, 1.82) is 0 Å². The summed E-state index contributed by atoms with van der Waals surface area (Å²) in [4.78, 5) is 0. The van der Waals surface area contributed by atoms with E-state index in [0.717, 1.165) is 39.1 Å². The smallest absolute Gasteiger partial charge is 0.0617 e. The molecular weight excluding hydrogens is 238 g/mol. The van der Waals surface area contributed by atoms with Crippen molar-refractivity contribution in [2.75, 3.05) is 26.3 Å². The van der Waals surface area contributed by atoms with Gasteiger partial charge in [-0.25, -0.2) is 0 Å². The topological polar surface area (TPSA) is 30.5 Å². The average Bonchev–Trinajstić information content (AvgIpc) is 2.58. The van der Waals surface area contributed by atoms with Crippen LogP contribution in [0.2, 0.25) is 0 Å². The van der Waals surface area contributed by atoms with E-state index in [1.54, 1.807) is 0 Å². The minimum Gasteiger partial charge on any atom is -0.378 e. The Balaban J connectivity index is 2.46. The summed E-state index contributed by atoms with van der Waals surface area (Å²) in [6.45, 7) is 16.9. The Morgan fingerprint density at radius 2 is 2.05 bits per heavy atom. The maximum atomic E-state index is 5.91. The lowest BCUT2D eigenvalue weighted by Crippen LogP contribution is -2.42. The molecule has 3 nitrogen and oxygen atoms in total. The Morgan fingerprint density at radius 1 is 1.37 bits per heavy atom. The second kappa shape index (κ2) is 7.05. The van der Waals surface area contributed by atoms with Crippen molar-refractivity contribution in [2.45, 2.75) is 66.1 Å². The van der Waals surface area contributed by atoms with Crippen molar-refractivity contribution in [1.82, 2.24) is 5.32 Å². The molecule has 0 aromatic rings. The molecule has 0 radical (unpaired) electrons. The van der Waals surface area contributed by atoms with E-state index in [2.05, 4.69) is 46.9 Å². The number of ether oxygens (including phenoxy) is 2. The molecule has 1 aliphatic heterocycles. The van der Waals surface area contributed by atoms with Gasteiger partial charge in [0.2, 0.25) is 0 Å². The second-order valence-electron chi connectivity index (χ2n) is 7.36. The van der Waals surface area contributed by atoms with Crippen LogP contribution in [0.5, 0.6) is 0 Å². The number of hydrogen-bond acceptors (Lipinski definition) is 3. The highest BCUT2D eigenvalue weighted by molar-refractivity contribution is 4.91. The van der Waals surface area contributed by atoms with Gasteiger partial charge in [0.15, 0.2) is 0 Å². The highest BCUT2D eigenvalue weighted by Crippen LogP contribution is 2.38. The summed E-state index contributed by atoms with van der Waals surface area (Å²) >= 11 is 0. The fourth-order valence-electron chi connectivity index (χ4n) is 2.64. The Labute approximate surface area is 119 Å². The monoisotopic (exact) mass is 271 g/mol. The molecule has 0 aliphatic carbocycles. The largest absolute Gasteiger partial charge is 0.378 e. The Morgan fingerprint density at radius 3 is 2.53 bits per heavy atom. The molecule has 1 heterocycles. The summed E-state index contributed by atoms with van der Waals surface area (Å²) in [6, 6.07) is 0. The standard InChI is InChI=1S/C16H33NO2/c1-13(2)11-17-12-16(7-9-18-14(16)3)8-10-19-15(4,5)6/h13-14,17H,7-12H2,1-6H3. The lowest BCUT2D eigenvalue weighted by Gasteiger charge is -2.34. The predicted molar refractivity (Wildman–Crippen MR) is 80.5 cm³/mol. The van der Waals surface area contributed by atoms with Gasteiger partial charge >= 0.3 is 0 Å². The van der Waals surface area contributed by atoms with E-state index in [4.69, 9.17) is 9.47 Å². The van der Waals surface area contributed by atoms with E-state index in [-0.39, 0.29) is 11.0 Å². The zero-order chi connectivity index (χ0) is 14.5. The van der Waals surface area contributed by atoms with Crippen molar-refractivity contribution in [3.05, 3.63) is 0 Å². The number of nitrogens with one attached hydrogen (secondary N) is 1. The average molecular weight is 271 g/mol.